The second-order valence-electron chi connectivity index (χ2n) is 7.84. The van der Waals surface area contributed by atoms with E-state index in [1.165, 1.54) is 0 Å². The average molecular weight is 445 g/mol. The number of nitrogens with zero attached hydrogens (tertiary/aromatic N) is 4. The van der Waals surface area contributed by atoms with Gasteiger partial charge in [-0.3, -0.25) is 0 Å². The fraction of sp³-hybridized carbons (Fsp3) is 0.0741. The van der Waals surface area contributed by atoms with E-state index in [-0.39, 0.29) is 0 Å². The number of fused-ring (bicyclic) bond motifs is 2. The Balaban J connectivity index is 1.50. The van der Waals surface area contributed by atoms with E-state index in [1.807, 2.05) is 89.8 Å². The summed E-state index contributed by atoms with van der Waals surface area (Å²) >= 11 is 0. The molecule has 6 rings (SSSR count). The Kier molecular flexibility index (Phi) is 4.82. The average Bonchev–Trinajstić information content (AvgIpc) is 3.52. The van der Waals surface area contributed by atoms with E-state index in [2.05, 4.69) is 16.0 Å². The predicted octanol–water partition coefficient (Wildman–Crippen LogP) is 5.25. The first-order chi connectivity index (χ1) is 16.8. The molecule has 0 bridgehead atoms. The Morgan fingerprint density at radius 3 is 2.59 bits per heavy atom. The van der Waals surface area contributed by atoms with Gasteiger partial charge in [0.05, 0.1) is 22.3 Å². The maximum Gasteiger partial charge on any atom is 0.162 e. The van der Waals surface area contributed by atoms with Crippen LogP contribution in [-0.2, 0) is 0 Å². The largest absolute Gasteiger partial charge is 0.486 e. The first-order valence-electron chi connectivity index (χ1n) is 10.9. The zero-order valence-electron chi connectivity index (χ0n) is 18.1. The molecule has 7 heteroatoms. The first kappa shape index (κ1) is 19.8. The predicted molar refractivity (Wildman–Crippen MR) is 130 cm³/mol. The number of aromatic nitrogens is 4. The number of aromatic amines is 1. The Morgan fingerprint density at radius 2 is 1.76 bits per heavy atom. The van der Waals surface area contributed by atoms with Crippen molar-refractivity contribution in [2.45, 2.75) is 0 Å². The van der Waals surface area contributed by atoms with Crippen LogP contribution in [-0.4, -0.2) is 33.0 Å². The van der Waals surface area contributed by atoms with Gasteiger partial charge in [0, 0.05) is 17.3 Å². The van der Waals surface area contributed by atoms with Crippen LogP contribution in [0.15, 0.2) is 79.0 Å². The summed E-state index contributed by atoms with van der Waals surface area (Å²) in [6.45, 7) is 1.04. The molecule has 2 aromatic heterocycles. The van der Waals surface area contributed by atoms with Gasteiger partial charge in [-0.25, -0.2) is 9.67 Å². The lowest BCUT2D eigenvalue weighted by molar-refractivity contribution is 0.171. The van der Waals surface area contributed by atoms with Gasteiger partial charge in [0.25, 0.3) is 0 Å². The van der Waals surface area contributed by atoms with Gasteiger partial charge in [0.15, 0.2) is 11.5 Å². The summed E-state index contributed by atoms with van der Waals surface area (Å²) < 4.78 is 13.3. The van der Waals surface area contributed by atoms with Crippen molar-refractivity contribution in [3.8, 4) is 34.5 Å². The fourth-order valence-corrected chi connectivity index (χ4v) is 4.01. The van der Waals surface area contributed by atoms with Crippen LogP contribution < -0.4 is 9.47 Å². The molecule has 0 saturated carbocycles. The Labute approximate surface area is 195 Å². The third-order valence-electron chi connectivity index (χ3n) is 5.64. The number of ether oxygens (including phenoxy) is 2. The SMILES string of the molecule is N#C/C(=C\c1cn(-c2ccccc2)nc1-c1ccc2c(c1)OCCO2)c1nc2ccccc2[nH]1. The van der Waals surface area contributed by atoms with Crippen LogP contribution >= 0.6 is 0 Å². The van der Waals surface area contributed by atoms with Crippen molar-refractivity contribution in [2.75, 3.05) is 13.2 Å². The zero-order valence-corrected chi connectivity index (χ0v) is 18.1. The van der Waals surface area contributed by atoms with Crippen LogP contribution in [0, 0.1) is 11.3 Å². The van der Waals surface area contributed by atoms with Gasteiger partial charge in [-0.2, -0.15) is 10.4 Å². The van der Waals surface area contributed by atoms with Gasteiger partial charge in [0.2, 0.25) is 0 Å². The number of imidazole rings is 1. The van der Waals surface area contributed by atoms with Crippen molar-refractivity contribution in [3.05, 3.63) is 90.4 Å². The minimum absolute atomic E-state index is 0.419. The molecule has 3 aromatic carbocycles. The van der Waals surface area contributed by atoms with Gasteiger partial charge >= 0.3 is 0 Å². The highest BCUT2D eigenvalue weighted by molar-refractivity contribution is 5.92. The molecule has 7 nitrogen and oxygen atoms in total. The number of benzene rings is 3. The smallest absolute Gasteiger partial charge is 0.162 e. The Hall–Kier alpha value is -4.83. The van der Waals surface area contributed by atoms with E-state index in [9.17, 15) is 5.26 Å². The van der Waals surface area contributed by atoms with Gasteiger partial charge in [-0.05, 0) is 48.5 Å². The van der Waals surface area contributed by atoms with Crippen molar-refractivity contribution in [1.29, 1.82) is 5.26 Å². The molecule has 0 atom stereocenters. The number of hydrogen-bond donors (Lipinski definition) is 1. The number of H-pyrrole nitrogens is 1. The van der Waals surface area contributed by atoms with Crippen LogP contribution in [0.5, 0.6) is 11.5 Å². The van der Waals surface area contributed by atoms with Crippen molar-refractivity contribution in [1.82, 2.24) is 19.7 Å². The molecule has 0 radical (unpaired) electrons. The summed E-state index contributed by atoms with van der Waals surface area (Å²) in [6, 6.07) is 25.6. The van der Waals surface area contributed by atoms with E-state index in [0.29, 0.717) is 30.4 Å². The first-order valence-corrected chi connectivity index (χ1v) is 10.9. The number of rotatable bonds is 4. The highest BCUT2D eigenvalue weighted by Gasteiger charge is 2.18. The molecule has 0 unspecified atom stereocenters. The van der Waals surface area contributed by atoms with E-state index in [1.54, 1.807) is 0 Å². The molecule has 34 heavy (non-hydrogen) atoms. The lowest BCUT2D eigenvalue weighted by Gasteiger charge is -2.18. The van der Waals surface area contributed by atoms with Crippen molar-refractivity contribution < 1.29 is 9.47 Å². The molecule has 3 heterocycles. The highest BCUT2D eigenvalue weighted by atomic mass is 16.6. The monoisotopic (exact) mass is 445 g/mol. The van der Waals surface area contributed by atoms with E-state index in [4.69, 9.17) is 14.6 Å². The number of nitrogens with one attached hydrogen (secondary N) is 1. The molecule has 0 aliphatic carbocycles. The third-order valence-corrected chi connectivity index (χ3v) is 5.64. The maximum atomic E-state index is 9.97. The summed E-state index contributed by atoms with van der Waals surface area (Å²) in [7, 11) is 0. The zero-order chi connectivity index (χ0) is 22.9. The summed E-state index contributed by atoms with van der Waals surface area (Å²) in [6.07, 6.45) is 3.73. The summed E-state index contributed by atoms with van der Waals surface area (Å²) in [4.78, 5) is 7.83. The topological polar surface area (TPSA) is 88.8 Å². The van der Waals surface area contributed by atoms with Crippen molar-refractivity contribution >= 4 is 22.7 Å². The van der Waals surface area contributed by atoms with Crippen LogP contribution in [0.3, 0.4) is 0 Å². The van der Waals surface area contributed by atoms with E-state index >= 15 is 0 Å². The molecule has 1 aliphatic rings. The molecule has 1 aliphatic heterocycles. The summed E-state index contributed by atoms with van der Waals surface area (Å²) in [5, 5.41) is 14.8. The standard InChI is InChI=1S/C27H19N5O2/c28-16-19(27-29-22-8-4-5-9-23(22)30-27)14-20-17-32(21-6-2-1-3-7-21)31-26(20)18-10-11-24-25(15-18)34-13-12-33-24/h1-11,14-15,17H,12-13H2,(H,29,30)/b19-14+. The molecule has 0 fully saturated rings. The molecule has 164 valence electrons. The number of hydrogen-bond acceptors (Lipinski definition) is 5. The Morgan fingerprint density at radius 1 is 0.971 bits per heavy atom. The minimum Gasteiger partial charge on any atom is -0.486 e. The summed E-state index contributed by atoms with van der Waals surface area (Å²) in [5.41, 5.74) is 5.41. The van der Waals surface area contributed by atoms with Gasteiger partial charge in [-0.15, -0.1) is 0 Å². The number of allylic oxidation sites excluding steroid dienone is 1. The molecule has 5 aromatic rings. The molecule has 0 amide bonds. The lowest BCUT2D eigenvalue weighted by atomic mass is 10.1. The summed E-state index contributed by atoms with van der Waals surface area (Å²) in [5.74, 6) is 1.92. The van der Waals surface area contributed by atoms with Crippen LogP contribution in [0.2, 0.25) is 0 Å². The van der Waals surface area contributed by atoms with E-state index < -0.39 is 0 Å². The molecular weight excluding hydrogens is 426 g/mol. The molecule has 0 spiro atoms. The fourth-order valence-electron chi connectivity index (χ4n) is 4.01. The normalized spacial score (nSPS) is 13.1. The van der Waals surface area contributed by atoms with Gasteiger partial charge in [0.1, 0.15) is 30.8 Å². The quantitative estimate of drug-likeness (QED) is 0.382. The van der Waals surface area contributed by atoms with Crippen molar-refractivity contribution in [2.24, 2.45) is 0 Å². The minimum atomic E-state index is 0.419. The van der Waals surface area contributed by atoms with Crippen LogP contribution in [0.1, 0.15) is 11.4 Å². The van der Waals surface area contributed by atoms with Crippen LogP contribution in [0.25, 0.3) is 39.6 Å². The maximum absolute atomic E-state index is 9.97. The molecule has 0 saturated heterocycles. The lowest BCUT2D eigenvalue weighted by Crippen LogP contribution is -2.15. The van der Waals surface area contributed by atoms with Gasteiger partial charge in [-0.1, -0.05) is 30.3 Å². The Bertz CT molecular complexity index is 1540. The van der Waals surface area contributed by atoms with Crippen LogP contribution in [0.4, 0.5) is 0 Å². The third kappa shape index (κ3) is 3.57. The highest BCUT2D eigenvalue weighted by Crippen LogP contribution is 2.36. The van der Waals surface area contributed by atoms with Gasteiger partial charge < -0.3 is 14.5 Å². The second-order valence-corrected chi connectivity index (χ2v) is 7.84. The molecule has 1 N–H and O–H groups in total. The number of nitriles is 1. The van der Waals surface area contributed by atoms with Crippen molar-refractivity contribution in [3.63, 3.8) is 0 Å². The second kappa shape index (κ2) is 8.26. The molecular formula is C27H19N5O2. The van der Waals surface area contributed by atoms with E-state index in [0.717, 1.165) is 39.3 Å². The number of para-hydroxylation sites is 3.